The number of benzene rings is 5. The molecule has 0 unspecified atom stereocenters. The monoisotopic (exact) mass is 642 g/mol. The van der Waals surface area contributed by atoms with Gasteiger partial charge in [0.05, 0.1) is 16.6 Å². The van der Waals surface area contributed by atoms with Gasteiger partial charge in [-0.3, -0.25) is 9.55 Å². The van der Waals surface area contributed by atoms with E-state index < -0.39 is 0 Å². The molecule has 4 heterocycles. The first-order chi connectivity index (χ1) is 24.8. The highest BCUT2D eigenvalue weighted by Crippen LogP contribution is 2.42. The molecule has 1 aliphatic carbocycles. The van der Waals surface area contributed by atoms with Crippen LogP contribution in [0.15, 0.2) is 158 Å². The van der Waals surface area contributed by atoms with Crippen LogP contribution in [-0.4, -0.2) is 29.1 Å². The molecule has 0 radical (unpaired) electrons. The van der Waals surface area contributed by atoms with Crippen molar-refractivity contribution >= 4 is 38.3 Å². The number of hydrogen-bond acceptors (Lipinski definition) is 4. The Bertz CT molecular complexity index is 2680. The van der Waals surface area contributed by atoms with E-state index >= 15 is 0 Å². The van der Waals surface area contributed by atoms with Gasteiger partial charge >= 0.3 is 0 Å². The second kappa shape index (κ2) is 11.5. The minimum atomic E-state index is 0.591. The van der Waals surface area contributed by atoms with E-state index in [1.54, 1.807) is 0 Å². The van der Waals surface area contributed by atoms with Crippen molar-refractivity contribution in [2.45, 2.75) is 12.8 Å². The van der Waals surface area contributed by atoms with Crippen molar-refractivity contribution in [3.8, 4) is 34.4 Å². The van der Waals surface area contributed by atoms with Gasteiger partial charge in [-0.15, -0.1) is 0 Å². The summed E-state index contributed by atoms with van der Waals surface area (Å²) in [6, 6.07) is 48.4. The predicted molar refractivity (Wildman–Crippen MR) is 202 cm³/mol. The summed E-state index contributed by atoms with van der Waals surface area (Å²) in [5.41, 5.74) is 11.4. The molecule has 0 fully saturated rings. The third-order valence-electron chi connectivity index (χ3n) is 9.75. The summed E-state index contributed by atoms with van der Waals surface area (Å²) in [6.07, 6.45) is 8.25. The molecule has 0 N–H and O–H groups in total. The Balaban J connectivity index is 1.18. The summed E-state index contributed by atoms with van der Waals surface area (Å²) < 4.78 is 4.60. The maximum absolute atomic E-state index is 5.10. The normalized spacial score (nSPS) is 12.8. The minimum Gasteiger partial charge on any atom is -0.313 e. The van der Waals surface area contributed by atoms with Crippen LogP contribution >= 0.6 is 0 Å². The lowest BCUT2D eigenvalue weighted by molar-refractivity contribution is 0.884. The number of pyridine rings is 1. The zero-order valence-corrected chi connectivity index (χ0v) is 27.1. The van der Waals surface area contributed by atoms with E-state index in [9.17, 15) is 0 Å². The first-order valence-corrected chi connectivity index (χ1v) is 17.0. The Hall–Kier alpha value is -6.66. The molecule has 4 aromatic heterocycles. The molecule has 0 saturated carbocycles. The summed E-state index contributed by atoms with van der Waals surface area (Å²) in [5.74, 6) is 1.87. The van der Waals surface area contributed by atoms with Gasteiger partial charge in [0.25, 0.3) is 0 Å². The fraction of sp³-hybridized carbons (Fsp3) is 0.0455. The van der Waals surface area contributed by atoms with Crippen molar-refractivity contribution in [3.63, 3.8) is 0 Å². The van der Waals surface area contributed by atoms with Gasteiger partial charge in [-0.05, 0) is 60.4 Å². The highest BCUT2D eigenvalue weighted by molar-refractivity contribution is 6.11. The number of aromatic nitrogens is 6. The fourth-order valence-electron chi connectivity index (χ4n) is 7.57. The van der Waals surface area contributed by atoms with Gasteiger partial charge in [-0.25, -0.2) is 4.98 Å². The summed E-state index contributed by atoms with van der Waals surface area (Å²) >= 11 is 0. The maximum Gasteiger partial charge on any atom is 0.238 e. The van der Waals surface area contributed by atoms with Crippen LogP contribution in [0.4, 0.5) is 0 Å². The van der Waals surface area contributed by atoms with Crippen molar-refractivity contribution in [2.75, 3.05) is 0 Å². The summed E-state index contributed by atoms with van der Waals surface area (Å²) in [6.45, 7) is 0. The molecule has 5 aromatic carbocycles. The maximum atomic E-state index is 5.10. The molecule has 9 aromatic rings. The second-order valence-corrected chi connectivity index (χ2v) is 12.6. The van der Waals surface area contributed by atoms with Crippen LogP contribution in [0.2, 0.25) is 0 Å². The van der Waals surface area contributed by atoms with Crippen molar-refractivity contribution in [1.82, 2.24) is 29.1 Å². The van der Waals surface area contributed by atoms with Crippen molar-refractivity contribution in [3.05, 3.63) is 175 Å². The predicted octanol–water partition coefficient (Wildman–Crippen LogP) is 10.0. The van der Waals surface area contributed by atoms with Gasteiger partial charge in [-0.2, -0.15) is 9.97 Å². The Morgan fingerprint density at radius 3 is 1.88 bits per heavy atom. The number of para-hydroxylation sites is 2. The number of nitrogens with zero attached hydrogens (tertiary/aromatic N) is 6. The van der Waals surface area contributed by atoms with Crippen LogP contribution in [0.5, 0.6) is 0 Å². The van der Waals surface area contributed by atoms with Gasteiger partial charge in [0.15, 0.2) is 11.6 Å². The molecular weight excluding hydrogens is 613 g/mol. The molecule has 0 amide bonds. The Kier molecular flexibility index (Phi) is 6.52. The average molecular weight is 643 g/mol. The van der Waals surface area contributed by atoms with Crippen molar-refractivity contribution in [1.29, 1.82) is 0 Å². The topological polar surface area (TPSA) is 61.4 Å². The standard InChI is InChI=1S/C44H30N6/c1-4-13-29(14-5-1)42-46-43(30-15-6-2-7-16-30)48-44(47-42)50-37-21-11-10-19-34(37)35-27-31(23-24-38(35)50)33-20-12-22-40-41(33)36-28-45-26-25-39(36)49(40)32-17-8-3-9-18-32/h1-11,13-21,23-28H,12,22H2. The van der Waals surface area contributed by atoms with E-state index in [1.165, 1.54) is 39.0 Å². The first kappa shape index (κ1) is 28.4. The number of hydrogen-bond donors (Lipinski definition) is 0. The molecule has 0 spiro atoms. The SMILES string of the molecule is C1=C(c2ccc3c(c2)c2ccccc2n3-c2nc(-c3ccccc3)nc(-c3ccccc3)n2)c2c(n(-c3ccccc3)c3ccncc23)CC1. The van der Waals surface area contributed by atoms with Gasteiger partial charge in [0, 0.05) is 56.6 Å². The van der Waals surface area contributed by atoms with Crippen LogP contribution in [0.25, 0.3) is 72.7 Å². The van der Waals surface area contributed by atoms with Crippen molar-refractivity contribution < 1.29 is 0 Å². The quantitative estimate of drug-likeness (QED) is 0.187. The molecule has 0 atom stereocenters. The lowest BCUT2D eigenvalue weighted by Gasteiger charge is -2.18. The molecule has 6 heteroatoms. The van der Waals surface area contributed by atoms with E-state index in [2.05, 4.69) is 99.1 Å². The average Bonchev–Trinajstić information content (AvgIpc) is 3.71. The number of rotatable bonds is 5. The van der Waals surface area contributed by atoms with Crippen LogP contribution in [0, 0.1) is 0 Å². The molecule has 0 aliphatic heterocycles. The molecule has 50 heavy (non-hydrogen) atoms. The molecule has 236 valence electrons. The first-order valence-electron chi connectivity index (χ1n) is 17.0. The molecule has 1 aliphatic rings. The zero-order chi connectivity index (χ0) is 33.0. The zero-order valence-electron chi connectivity index (χ0n) is 27.1. The third kappa shape index (κ3) is 4.49. The second-order valence-electron chi connectivity index (χ2n) is 12.6. The van der Waals surface area contributed by atoms with Crippen molar-refractivity contribution in [2.24, 2.45) is 0 Å². The Morgan fingerprint density at radius 2 is 1.14 bits per heavy atom. The van der Waals surface area contributed by atoms with Crippen LogP contribution in [0.1, 0.15) is 23.2 Å². The molecular formula is C44H30N6. The molecule has 0 saturated heterocycles. The highest BCUT2D eigenvalue weighted by Gasteiger charge is 2.25. The summed E-state index contributed by atoms with van der Waals surface area (Å²) in [5, 5.41) is 3.48. The Morgan fingerprint density at radius 1 is 0.500 bits per heavy atom. The van der Waals surface area contributed by atoms with E-state index in [0.717, 1.165) is 45.8 Å². The van der Waals surface area contributed by atoms with Gasteiger partial charge in [0.2, 0.25) is 5.95 Å². The largest absolute Gasteiger partial charge is 0.313 e. The summed E-state index contributed by atoms with van der Waals surface area (Å²) in [4.78, 5) is 19.7. The molecule has 6 nitrogen and oxygen atoms in total. The number of allylic oxidation sites excluding steroid dienone is 1. The minimum absolute atomic E-state index is 0.591. The highest BCUT2D eigenvalue weighted by atomic mass is 15.2. The van der Waals surface area contributed by atoms with Crippen LogP contribution in [0.3, 0.4) is 0 Å². The Labute approximate surface area is 288 Å². The molecule has 10 rings (SSSR count). The fourth-order valence-corrected chi connectivity index (χ4v) is 7.57. The molecule has 0 bridgehead atoms. The number of fused-ring (bicyclic) bond motifs is 6. The van der Waals surface area contributed by atoms with E-state index in [1.807, 2.05) is 73.1 Å². The van der Waals surface area contributed by atoms with Gasteiger partial charge in [0.1, 0.15) is 0 Å². The lowest BCUT2D eigenvalue weighted by Crippen LogP contribution is -2.06. The summed E-state index contributed by atoms with van der Waals surface area (Å²) in [7, 11) is 0. The van der Waals surface area contributed by atoms with Gasteiger partial charge < -0.3 is 4.57 Å². The lowest BCUT2D eigenvalue weighted by atomic mass is 9.89. The van der Waals surface area contributed by atoms with Gasteiger partial charge in [-0.1, -0.05) is 109 Å². The van der Waals surface area contributed by atoms with Crippen LogP contribution < -0.4 is 0 Å². The van der Waals surface area contributed by atoms with E-state index in [4.69, 9.17) is 15.0 Å². The smallest absolute Gasteiger partial charge is 0.238 e. The van der Waals surface area contributed by atoms with E-state index in [-0.39, 0.29) is 0 Å². The van der Waals surface area contributed by atoms with E-state index in [0.29, 0.717) is 17.6 Å². The van der Waals surface area contributed by atoms with Crippen LogP contribution in [-0.2, 0) is 6.42 Å². The third-order valence-corrected chi connectivity index (χ3v) is 9.75.